The lowest BCUT2D eigenvalue weighted by Gasteiger charge is -2.05. The van der Waals surface area contributed by atoms with Gasteiger partial charge in [-0.2, -0.15) is 0 Å². The molecule has 0 atom stereocenters. The lowest BCUT2D eigenvalue weighted by atomic mass is 10.4. The van der Waals surface area contributed by atoms with Crippen LogP contribution in [0.4, 0.5) is 5.13 Å². The maximum absolute atomic E-state index is 12.2. The van der Waals surface area contributed by atoms with Gasteiger partial charge in [0.05, 0.1) is 17.0 Å². The van der Waals surface area contributed by atoms with Crippen LogP contribution in [0.15, 0.2) is 11.4 Å². The number of hydrogen-bond donors (Lipinski definition) is 1. The molecule has 0 spiro atoms. The number of carbonyl (C=O) groups is 1. The summed E-state index contributed by atoms with van der Waals surface area (Å²) in [6.07, 6.45) is 2.21. The Bertz CT molecular complexity index is 822. The average molecular weight is 376 g/mol. The number of rotatable bonds is 6. The molecule has 0 saturated carbocycles. The van der Waals surface area contributed by atoms with Crippen LogP contribution in [-0.4, -0.2) is 40.2 Å². The zero-order valence-corrected chi connectivity index (χ0v) is 14.8. The number of nitrogens with zero attached hydrogens (tertiary/aromatic N) is 4. The lowest BCUT2D eigenvalue weighted by molar-refractivity contribution is 0.102. The van der Waals surface area contributed by atoms with Crippen molar-refractivity contribution in [3.63, 3.8) is 0 Å². The quantitative estimate of drug-likeness (QED) is 0.767. The number of carbonyl (C=O) groups excluding carboxylic acids is 1. The Morgan fingerprint density at radius 1 is 1.35 bits per heavy atom. The van der Waals surface area contributed by atoms with E-state index >= 15 is 0 Å². The van der Waals surface area contributed by atoms with E-state index in [9.17, 15) is 13.2 Å². The minimum Gasteiger partial charge on any atom is -0.295 e. The molecule has 11 heteroatoms. The van der Waals surface area contributed by atoms with Gasteiger partial charge in [0, 0.05) is 0 Å². The number of aromatic nitrogens is 4. The molecule has 0 aliphatic rings. The van der Waals surface area contributed by atoms with Crippen molar-refractivity contribution in [2.24, 2.45) is 0 Å². The zero-order chi connectivity index (χ0) is 17.0. The van der Waals surface area contributed by atoms with E-state index in [1.807, 2.05) is 6.92 Å². The van der Waals surface area contributed by atoms with Crippen LogP contribution in [0.1, 0.15) is 35.8 Å². The molecular weight excluding hydrogens is 362 g/mol. The molecule has 0 radical (unpaired) electrons. The van der Waals surface area contributed by atoms with E-state index in [1.54, 1.807) is 6.92 Å². The summed E-state index contributed by atoms with van der Waals surface area (Å²) in [5.41, 5.74) is -0.218. The van der Waals surface area contributed by atoms with E-state index in [2.05, 4.69) is 25.5 Å². The van der Waals surface area contributed by atoms with Crippen molar-refractivity contribution in [2.45, 2.75) is 31.8 Å². The van der Waals surface area contributed by atoms with E-state index < -0.39 is 20.9 Å². The number of halogens is 1. The highest BCUT2D eigenvalue weighted by atomic mass is 35.5. The lowest BCUT2D eigenvalue weighted by Crippen LogP contribution is -2.18. The maximum Gasteiger partial charge on any atom is 0.277 e. The topological polar surface area (TPSA) is 115 Å². The molecule has 2 aromatic rings. The third-order valence-corrected chi connectivity index (χ3v) is 5.64. The molecule has 124 valence electrons. The summed E-state index contributed by atoms with van der Waals surface area (Å²) in [5, 5.41) is 10.8. The van der Waals surface area contributed by atoms with E-state index in [4.69, 9.17) is 11.6 Å². The van der Waals surface area contributed by atoms with Crippen LogP contribution in [0.2, 0.25) is 5.02 Å². The first-order chi connectivity index (χ1) is 10.9. The molecule has 1 N–H and O–H groups in total. The first-order valence-corrected chi connectivity index (χ1v) is 9.61. The molecule has 0 fully saturated rings. The molecule has 8 nitrogen and oxygen atoms in total. The van der Waals surface area contributed by atoms with E-state index in [-0.39, 0.29) is 16.5 Å². The van der Waals surface area contributed by atoms with Crippen LogP contribution >= 0.6 is 22.9 Å². The van der Waals surface area contributed by atoms with Crippen molar-refractivity contribution in [1.82, 2.24) is 20.2 Å². The number of aryl methyl sites for hydroxylation is 1. The van der Waals surface area contributed by atoms with Gasteiger partial charge in [-0.05, 0) is 12.8 Å². The molecule has 0 bridgehead atoms. The van der Waals surface area contributed by atoms with Gasteiger partial charge in [-0.1, -0.05) is 36.8 Å². The highest BCUT2D eigenvalue weighted by molar-refractivity contribution is 7.91. The summed E-state index contributed by atoms with van der Waals surface area (Å²) >= 11 is 7.12. The van der Waals surface area contributed by atoms with E-state index in [1.165, 1.54) is 11.3 Å². The maximum atomic E-state index is 12.2. The minimum absolute atomic E-state index is 0.0434. The van der Waals surface area contributed by atoms with Gasteiger partial charge in [0.1, 0.15) is 5.01 Å². The normalized spacial score (nSPS) is 11.4. The van der Waals surface area contributed by atoms with Crippen molar-refractivity contribution in [3.8, 4) is 0 Å². The van der Waals surface area contributed by atoms with Crippen molar-refractivity contribution >= 4 is 43.8 Å². The molecule has 0 aliphatic carbocycles. The second-order valence-electron chi connectivity index (χ2n) is 4.48. The van der Waals surface area contributed by atoms with Crippen LogP contribution in [-0.2, 0) is 16.3 Å². The van der Waals surface area contributed by atoms with E-state index in [0.717, 1.165) is 11.2 Å². The Morgan fingerprint density at radius 2 is 2.09 bits per heavy atom. The third-order valence-electron chi connectivity index (χ3n) is 2.68. The number of nitrogens with one attached hydrogen (secondary N) is 1. The van der Waals surface area contributed by atoms with Crippen molar-refractivity contribution in [2.75, 3.05) is 11.1 Å². The Hall–Kier alpha value is -1.65. The fraction of sp³-hybridized carbons (Fsp3) is 0.417. The number of sulfone groups is 1. The Balaban J connectivity index is 2.29. The highest BCUT2D eigenvalue weighted by Crippen LogP contribution is 2.19. The third kappa shape index (κ3) is 4.21. The van der Waals surface area contributed by atoms with Gasteiger partial charge in [0.15, 0.2) is 5.69 Å². The monoisotopic (exact) mass is 375 g/mol. The van der Waals surface area contributed by atoms with Crippen LogP contribution in [0.3, 0.4) is 0 Å². The van der Waals surface area contributed by atoms with Crippen molar-refractivity contribution in [3.05, 3.63) is 21.9 Å². The smallest absolute Gasteiger partial charge is 0.277 e. The van der Waals surface area contributed by atoms with Crippen LogP contribution in [0.25, 0.3) is 0 Å². The van der Waals surface area contributed by atoms with Gasteiger partial charge in [-0.15, -0.1) is 10.2 Å². The molecule has 2 rings (SSSR count). The molecular formula is C12H14ClN5O3S2. The molecule has 0 aliphatic heterocycles. The SMILES string of the molecule is CCCS(=O)(=O)c1ncc(Cl)c(C(=O)Nc2nnc(CC)s2)n1. The zero-order valence-electron chi connectivity index (χ0n) is 12.4. The fourth-order valence-corrected chi connectivity index (χ4v) is 3.64. The van der Waals surface area contributed by atoms with Gasteiger partial charge in [-0.3, -0.25) is 10.1 Å². The summed E-state index contributed by atoms with van der Waals surface area (Å²) in [6, 6.07) is 0. The molecule has 0 saturated heterocycles. The Labute approximate surface area is 142 Å². The summed E-state index contributed by atoms with van der Waals surface area (Å²) in [7, 11) is -3.64. The first kappa shape index (κ1) is 17.7. The van der Waals surface area contributed by atoms with Gasteiger partial charge < -0.3 is 0 Å². The van der Waals surface area contributed by atoms with Gasteiger partial charge in [0.25, 0.3) is 5.91 Å². The number of anilines is 1. The Kier molecular flexibility index (Phi) is 5.60. The standard InChI is InChI=1S/C12H14ClN5O3S2/c1-3-5-23(20,21)12-14-6-7(13)9(15-12)10(19)16-11-18-17-8(4-2)22-11/h6H,3-5H2,1-2H3,(H,16,18,19). The Morgan fingerprint density at radius 3 is 2.70 bits per heavy atom. The molecule has 0 aromatic carbocycles. The first-order valence-electron chi connectivity index (χ1n) is 6.76. The molecule has 0 unspecified atom stereocenters. The highest BCUT2D eigenvalue weighted by Gasteiger charge is 2.22. The molecule has 2 aromatic heterocycles. The predicted molar refractivity (Wildman–Crippen MR) is 86.6 cm³/mol. The number of amides is 1. The minimum atomic E-state index is -3.64. The molecule has 23 heavy (non-hydrogen) atoms. The van der Waals surface area contributed by atoms with Crippen molar-refractivity contribution in [1.29, 1.82) is 0 Å². The van der Waals surface area contributed by atoms with Crippen LogP contribution < -0.4 is 5.32 Å². The summed E-state index contributed by atoms with van der Waals surface area (Å²) in [5.74, 6) is -0.768. The predicted octanol–water partition coefficient (Wildman–Crippen LogP) is 1.98. The van der Waals surface area contributed by atoms with Gasteiger partial charge in [0.2, 0.25) is 20.1 Å². The van der Waals surface area contributed by atoms with Crippen LogP contribution in [0, 0.1) is 0 Å². The summed E-state index contributed by atoms with van der Waals surface area (Å²) in [4.78, 5) is 19.7. The second-order valence-corrected chi connectivity index (χ2v) is 7.95. The molecule has 1 amide bonds. The van der Waals surface area contributed by atoms with Crippen molar-refractivity contribution < 1.29 is 13.2 Å². The number of hydrogen-bond acceptors (Lipinski definition) is 8. The largest absolute Gasteiger partial charge is 0.295 e. The van der Waals surface area contributed by atoms with Gasteiger partial charge in [-0.25, -0.2) is 18.4 Å². The summed E-state index contributed by atoms with van der Waals surface area (Å²) < 4.78 is 24.0. The van der Waals surface area contributed by atoms with E-state index in [0.29, 0.717) is 18.0 Å². The van der Waals surface area contributed by atoms with Gasteiger partial charge >= 0.3 is 0 Å². The summed E-state index contributed by atoms with van der Waals surface area (Å²) in [6.45, 7) is 3.64. The second kappa shape index (κ2) is 7.28. The fourth-order valence-electron chi connectivity index (χ4n) is 1.62. The molecule has 2 heterocycles. The van der Waals surface area contributed by atoms with Crippen LogP contribution in [0.5, 0.6) is 0 Å². The average Bonchev–Trinajstić information content (AvgIpc) is 2.95.